The number of amides is 2. The van der Waals surface area contributed by atoms with Gasteiger partial charge in [0, 0.05) is 38.3 Å². The van der Waals surface area contributed by atoms with Crippen LogP contribution in [0.4, 0.5) is 4.39 Å². The van der Waals surface area contributed by atoms with E-state index in [0.29, 0.717) is 60.7 Å². The molecule has 0 saturated carbocycles. The number of hydrogen-bond donors (Lipinski definition) is 0. The van der Waals surface area contributed by atoms with Crippen molar-refractivity contribution in [2.75, 3.05) is 32.8 Å². The molecule has 1 aromatic carbocycles. The van der Waals surface area contributed by atoms with Gasteiger partial charge in [0.05, 0.1) is 22.3 Å². The SMILES string of the molecule is Cc1noc2nc(-c3ccc(F)cc3)cc(C(=O)N3CCN(C(=O)C4CCCO4)CC3)c12. The van der Waals surface area contributed by atoms with Crippen molar-refractivity contribution in [3.8, 4) is 11.3 Å². The van der Waals surface area contributed by atoms with Gasteiger partial charge in [0.1, 0.15) is 11.9 Å². The fourth-order valence-electron chi connectivity index (χ4n) is 4.31. The first-order valence-corrected chi connectivity index (χ1v) is 10.7. The van der Waals surface area contributed by atoms with E-state index in [0.717, 1.165) is 12.8 Å². The Balaban J connectivity index is 1.40. The molecule has 2 aliphatic heterocycles. The number of nitrogens with zero attached hydrogens (tertiary/aromatic N) is 4. The maximum atomic E-state index is 13.5. The summed E-state index contributed by atoms with van der Waals surface area (Å²) in [7, 11) is 0. The Hall–Kier alpha value is -3.33. The summed E-state index contributed by atoms with van der Waals surface area (Å²) in [5.41, 5.74) is 2.45. The molecular formula is C23H23FN4O4. The first-order valence-electron chi connectivity index (χ1n) is 10.7. The van der Waals surface area contributed by atoms with Gasteiger partial charge in [-0.25, -0.2) is 9.37 Å². The number of fused-ring (bicyclic) bond motifs is 1. The van der Waals surface area contributed by atoms with E-state index < -0.39 is 0 Å². The number of hydrogen-bond acceptors (Lipinski definition) is 6. The number of aromatic nitrogens is 2. The predicted molar refractivity (Wildman–Crippen MR) is 113 cm³/mol. The van der Waals surface area contributed by atoms with E-state index in [1.165, 1.54) is 12.1 Å². The molecule has 3 aromatic rings. The van der Waals surface area contributed by atoms with Crippen molar-refractivity contribution in [2.24, 2.45) is 0 Å². The number of benzene rings is 1. The van der Waals surface area contributed by atoms with Gasteiger partial charge in [-0.15, -0.1) is 0 Å². The zero-order chi connectivity index (χ0) is 22.2. The Morgan fingerprint density at radius 2 is 1.81 bits per heavy atom. The predicted octanol–water partition coefficient (Wildman–Crippen LogP) is 2.80. The highest BCUT2D eigenvalue weighted by Gasteiger charge is 2.32. The quantitative estimate of drug-likeness (QED) is 0.625. The lowest BCUT2D eigenvalue weighted by Crippen LogP contribution is -2.52. The Labute approximate surface area is 183 Å². The number of ether oxygens (including phenoxy) is 1. The molecule has 0 spiro atoms. The fourth-order valence-corrected chi connectivity index (χ4v) is 4.31. The molecule has 2 fully saturated rings. The average Bonchev–Trinajstić information content (AvgIpc) is 3.49. The summed E-state index contributed by atoms with van der Waals surface area (Å²) in [4.78, 5) is 34.1. The smallest absolute Gasteiger partial charge is 0.259 e. The standard InChI is InChI=1S/C23H23FN4O4/c1-14-20-17(13-18(25-21(20)32-26-14)15-4-6-16(24)7-5-15)22(29)27-8-10-28(11-9-27)23(30)19-3-2-12-31-19/h4-7,13,19H,2-3,8-12H2,1H3. The molecule has 2 aromatic heterocycles. The minimum absolute atomic E-state index is 0.00868. The van der Waals surface area contributed by atoms with Gasteiger partial charge in [-0.3, -0.25) is 9.59 Å². The van der Waals surface area contributed by atoms with E-state index >= 15 is 0 Å². The molecule has 166 valence electrons. The van der Waals surface area contributed by atoms with Crippen LogP contribution < -0.4 is 0 Å². The van der Waals surface area contributed by atoms with Crippen molar-refractivity contribution >= 4 is 22.9 Å². The second-order valence-electron chi connectivity index (χ2n) is 8.13. The summed E-state index contributed by atoms with van der Waals surface area (Å²) >= 11 is 0. The highest BCUT2D eigenvalue weighted by Crippen LogP contribution is 2.28. The molecule has 0 N–H and O–H groups in total. The van der Waals surface area contributed by atoms with Crippen LogP contribution in [0.1, 0.15) is 28.9 Å². The molecule has 1 atom stereocenters. The van der Waals surface area contributed by atoms with Crippen LogP contribution in [-0.4, -0.2) is 70.6 Å². The molecule has 5 rings (SSSR count). The summed E-state index contributed by atoms with van der Waals surface area (Å²) in [5.74, 6) is -0.511. The van der Waals surface area contributed by atoms with E-state index in [9.17, 15) is 14.0 Å². The normalized spacial score (nSPS) is 19.0. The lowest BCUT2D eigenvalue weighted by atomic mass is 10.0. The van der Waals surface area contributed by atoms with Gasteiger partial charge in [0.2, 0.25) is 0 Å². The molecule has 2 aliphatic rings. The minimum Gasteiger partial charge on any atom is -0.368 e. The van der Waals surface area contributed by atoms with Crippen LogP contribution in [0.3, 0.4) is 0 Å². The molecule has 0 bridgehead atoms. The fraction of sp³-hybridized carbons (Fsp3) is 0.391. The third-order valence-electron chi connectivity index (χ3n) is 6.07. The topological polar surface area (TPSA) is 88.8 Å². The Morgan fingerprint density at radius 3 is 2.50 bits per heavy atom. The van der Waals surface area contributed by atoms with Crippen molar-refractivity contribution in [2.45, 2.75) is 25.9 Å². The van der Waals surface area contributed by atoms with Crippen molar-refractivity contribution in [3.05, 3.63) is 47.4 Å². The Bertz CT molecular complexity index is 1160. The number of halogens is 1. The second-order valence-corrected chi connectivity index (χ2v) is 8.13. The highest BCUT2D eigenvalue weighted by molar-refractivity contribution is 6.07. The summed E-state index contributed by atoms with van der Waals surface area (Å²) in [6.07, 6.45) is 1.31. The first kappa shape index (κ1) is 20.6. The van der Waals surface area contributed by atoms with Crippen LogP contribution in [0.5, 0.6) is 0 Å². The minimum atomic E-state index is -0.352. The van der Waals surface area contributed by atoms with E-state index in [2.05, 4.69) is 10.1 Å². The largest absolute Gasteiger partial charge is 0.368 e. The number of rotatable bonds is 3. The van der Waals surface area contributed by atoms with Gasteiger partial charge in [0.25, 0.3) is 17.5 Å². The second kappa shape index (κ2) is 8.31. The first-order chi connectivity index (χ1) is 15.5. The van der Waals surface area contributed by atoms with E-state index in [1.807, 2.05) is 0 Å². The van der Waals surface area contributed by atoms with Gasteiger partial charge < -0.3 is 19.1 Å². The van der Waals surface area contributed by atoms with Gasteiger partial charge in [-0.05, 0) is 50.1 Å². The average molecular weight is 438 g/mol. The van der Waals surface area contributed by atoms with Crippen molar-refractivity contribution < 1.29 is 23.2 Å². The molecule has 4 heterocycles. The third kappa shape index (κ3) is 3.73. The Kier molecular flexibility index (Phi) is 5.34. The number of pyridine rings is 1. The van der Waals surface area contributed by atoms with Crippen LogP contribution in [0.15, 0.2) is 34.9 Å². The lowest BCUT2D eigenvalue weighted by molar-refractivity contribution is -0.142. The van der Waals surface area contributed by atoms with E-state index in [1.54, 1.807) is 34.9 Å². The zero-order valence-corrected chi connectivity index (χ0v) is 17.7. The molecule has 8 nitrogen and oxygen atoms in total. The van der Waals surface area contributed by atoms with E-state index in [-0.39, 0.29) is 29.4 Å². The molecule has 9 heteroatoms. The maximum Gasteiger partial charge on any atom is 0.259 e. The van der Waals surface area contributed by atoms with Gasteiger partial charge >= 0.3 is 0 Å². The molecular weight excluding hydrogens is 415 g/mol. The highest BCUT2D eigenvalue weighted by atomic mass is 19.1. The van der Waals surface area contributed by atoms with Gasteiger partial charge in [-0.1, -0.05) is 5.16 Å². The van der Waals surface area contributed by atoms with Crippen molar-refractivity contribution in [1.29, 1.82) is 0 Å². The molecule has 32 heavy (non-hydrogen) atoms. The summed E-state index contributed by atoms with van der Waals surface area (Å²) < 4.78 is 24.2. The number of carbonyl (C=O) groups is 2. The summed E-state index contributed by atoms with van der Waals surface area (Å²) in [5, 5.41) is 4.55. The lowest BCUT2D eigenvalue weighted by Gasteiger charge is -2.35. The third-order valence-corrected chi connectivity index (χ3v) is 6.07. The van der Waals surface area contributed by atoms with Gasteiger partial charge in [-0.2, -0.15) is 0 Å². The number of piperazine rings is 1. The monoisotopic (exact) mass is 438 g/mol. The van der Waals surface area contributed by atoms with Gasteiger partial charge in [0.15, 0.2) is 0 Å². The summed E-state index contributed by atoms with van der Waals surface area (Å²) in [6.45, 7) is 4.17. The molecule has 0 aliphatic carbocycles. The summed E-state index contributed by atoms with van der Waals surface area (Å²) in [6, 6.07) is 7.61. The van der Waals surface area contributed by atoms with Crippen molar-refractivity contribution in [3.63, 3.8) is 0 Å². The molecule has 0 radical (unpaired) electrons. The van der Waals surface area contributed by atoms with Crippen molar-refractivity contribution in [1.82, 2.24) is 19.9 Å². The number of aryl methyl sites for hydroxylation is 1. The van der Waals surface area contributed by atoms with E-state index in [4.69, 9.17) is 9.26 Å². The van der Waals surface area contributed by atoms with Crippen LogP contribution in [0.2, 0.25) is 0 Å². The number of carbonyl (C=O) groups excluding carboxylic acids is 2. The van der Waals surface area contributed by atoms with Crippen LogP contribution in [0, 0.1) is 12.7 Å². The van der Waals surface area contributed by atoms with Crippen LogP contribution in [-0.2, 0) is 9.53 Å². The van der Waals surface area contributed by atoms with Crippen LogP contribution in [0.25, 0.3) is 22.4 Å². The molecule has 2 amide bonds. The maximum absolute atomic E-state index is 13.5. The van der Waals surface area contributed by atoms with Crippen LogP contribution >= 0.6 is 0 Å². The Morgan fingerprint density at radius 1 is 1.09 bits per heavy atom. The molecule has 2 saturated heterocycles. The molecule has 1 unspecified atom stereocenters. The zero-order valence-electron chi connectivity index (χ0n) is 17.7.